The van der Waals surface area contributed by atoms with Crippen molar-refractivity contribution < 1.29 is 0 Å². The van der Waals surface area contributed by atoms with Crippen molar-refractivity contribution in [1.82, 2.24) is 8.97 Å². The molecular weight excluding hydrogens is 452 g/mol. The van der Waals surface area contributed by atoms with Gasteiger partial charge in [-0.1, -0.05) is 60.7 Å². The average Bonchev–Trinajstić information content (AvgIpc) is 3.47. The highest BCUT2D eigenvalue weighted by molar-refractivity contribution is 6.18. The summed E-state index contributed by atoms with van der Waals surface area (Å²) in [4.78, 5) is 0. The Labute approximate surface area is 212 Å². The van der Waals surface area contributed by atoms with E-state index in [1.54, 1.807) is 0 Å². The van der Waals surface area contributed by atoms with Gasteiger partial charge < -0.3 is 14.7 Å². The van der Waals surface area contributed by atoms with Crippen molar-refractivity contribution in [1.29, 1.82) is 5.41 Å². The summed E-state index contributed by atoms with van der Waals surface area (Å²) in [5, 5.41) is 15.2. The van der Waals surface area contributed by atoms with E-state index in [4.69, 9.17) is 11.1 Å². The van der Waals surface area contributed by atoms with E-state index in [0.717, 1.165) is 22.3 Å². The van der Waals surface area contributed by atoms with Gasteiger partial charge in [-0.25, -0.2) is 0 Å². The van der Waals surface area contributed by atoms with Gasteiger partial charge in [0.05, 0.1) is 27.6 Å². The summed E-state index contributed by atoms with van der Waals surface area (Å²) < 4.78 is 4.73. The average molecular weight is 475 g/mol. The summed E-state index contributed by atoms with van der Waals surface area (Å²) in [6.07, 6.45) is 0. The quantitative estimate of drug-likeness (QED) is 0.150. The molecule has 37 heavy (non-hydrogen) atoms. The van der Waals surface area contributed by atoms with Crippen LogP contribution in [0.2, 0.25) is 0 Å². The number of hydrogen-bond donors (Lipinski definition) is 2. The molecule has 0 saturated carbocycles. The van der Waals surface area contributed by atoms with Gasteiger partial charge >= 0.3 is 0 Å². The van der Waals surface area contributed by atoms with Gasteiger partial charge in [0.2, 0.25) is 0 Å². The summed E-state index contributed by atoms with van der Waals surface area (Å²) in [7, 11) is 0. The molecule has 0 spiro atoms. The summed E-state index contributed by atoms with van der Waals surface area (Å²) in [5.41, 5.74) is 13.5. The van der Waals surface area contributed by atoms with Gasteiger partial charge in [0.15, 0.2) is 0 Å². The monoisotopic (exact) mass is 474 g/mol. The van der Waals surface area contributed by atoms with Crippen molar-refractivity contribution >= 4 is 65.7 Å². The highest BCUT2D eigenvalue weighted by atomic mass is 15.0. The molecule has 0 bridgehead atoms. The Hall–Kier alpha value is -5.09. The number of rotatable bonds is 2. The Balaban J connectivity index is 1.54. The van der Waals surface area contributed by atoms with Gasteiger partial charge in [-0.2, -0.15) is 0 Å². The fourth-order valence-electron chi connectivity index (χ4n) is 6.03. The van der Waals surface area contributed by atoms with E-state index in [2.05, 4.69) is 100.0 Å². The molecule has 3 heterocycles. The molecule has 0 atom stereocenters. The fourth-order valence-corrected chi connectivity index (χ4v) is 6.03. The Kier molecular flexibility index (Phi) is 3.93. The molecule has 4 heteroatoms. The predicted octanol–water partition coefficient (Wildman–Crippen LogP) is 7.78. The van der Waals surface area contributed by atoms with Crippen LogP contribution in [-0.4, -0.2) is 14.8 Å². The number of nitrogens with one attached hydrogen (secondary N) is 1. The molecule has 0 aliphatic carbocycles. The highest BCUT2D eigenvalue weighted by Crippen LogP contribution is 2.39. The Morgan fingerprint density at radius 3 is 1.78 bits per heavy atom. The summed E-state index contributed by atoms with van der Waals surface area (Å²) in [5.74, 6) is 0.0791. The van der Waals surface area contributed by atoms with Gasteiger partial charge in [-0.05, 0) is 60.0 Å². The second-order valence-corrected chi connectivity index (χ2v) is 9.67. The third-order valence-corrected chi connectivity index (χ3v) is 7.67. The van der Waals surface area contributed by atoms with E-state index < -0.39 is 0 Å². The molecule has 0 unspecified atom stereocenters. The second kappa shape index (κ2) is 7.21. The van der Waals surface area contributed by atoms with Gasteiger partial charge in [-0.3, -0.25) is 5.41 Å². The number of para-hydroxylation sites is 2. The summed E-state index contributed by atoms with van der Waals surface area (Å²) in [6.45, 7) is 0. The smallest absolute Gasteiger partial charge is 0.122 e. The van der Waals surface area contributed by atoms with Crippen LogP contribution in [-0.2, 0) is 0 Å². The molecule has 8 aromatic rings. The number of pyridine rings is 1. The maximum absolute atomic E-state index is 7.77. The van der Waals surface area contributed by atoms with Crippen molar-refractivity contribution in [3.63, 3.8) is 0 Å². The van der Waals surface area contributed by atoms with Gasteiger partial charge in [0.1, 0.15) is 5.84 Å². The lowest BCUT2D eigenvalue weighted by Gasteiger charge is -2.10. The van der Waals surface area contributed by atoms with Crippen LogP contribution < -0.4 is 5.73 Å². The zero-order valence-electron chi connectivity index (χ0n) is 19.9. The lowest BCUT2D eigenvalue weighted by molar-refractivity contribution is 1.18. The second-order valence-electron chi connectivity index (χ2n) is 9.67. The predicted molar refractivity (Wildman–Crippen MR) is 155 cm³/mol. The highest BCUT2D eigenvalue weighted by Gasteiger charge is 2.17. The van der Waals surface area contributed by atoms with E-state index in [9.17, 15) is 0 Å². The maximum Gasteiger partial charge on any atom is 0.122 e. The lowest BCUT2D eigenvalue weighted by atomic mass is 10.1. The van der Waals surface area contributed by atoms with E-state index in [-0.39, 0.29) is 5.84 Å². The molecule has 8 rings (SSSR count). The largest absolute Gasteiger partial charge is 0.384 e. The standard InChI is InChI=1S/C33H22N4/c34-33(35)20-13-15-22(16-14-20)36-28-11-5-4-10-26(28)27-19-30-21(18-32(27)36)17-31-25-9-2-1-7-23(25)24-8-3-6-12-29(24)37(30)31/h1-19H,(H3,34,35). The molecule has 0 saturated heterocycles. The van der Waals surface area contributed by atoms with Crippen LogP contribution in [0.3, 0.4) is 0 Å². The number of hydrogen-bond acceptors (Lipinski definition) is 1. The zero-order chi connectivity index (χ0) is 24.7. The minimum Gasteiger partial charge on any atom is -0.384 e. The van der Waals surface area contributed by atoms with E-state index in [1.165, 1.54) is 48.9 Å². The number of aromatic nitrogens is 2. The van der Waals surface area contributed by atoms with E-state index in [1.807, 2.05) is 24.3 Å². The fraction of sp³-hybridized carbons (Fsp3) is 0. The first-order valence-corrected chi connectivity index (χ1v) is 12.4. The van der Waals surface area contributed by atoms with Crippen LogP contribution in [0.15, 0.2) is 115 Å². The minimum absolute atomic E-state index is 0.0791. The number of nitrogen functional groups attached to an aromatic ring is 1. The van der Waals surface area contributed by atoms with Crippen LogP contribution in [0.4, 0.5) is 0 Å². The Morgan fingerprint density at radius 2 is 1.08 bits per heavy atom. The molecule has 0 radical (unpaired) electrons. The molecular formula is C33H22N4. The molecule has 5 aromatic carbocycles. The van der Waals surface area contributed by atoms with Crippen LogP contribution >= 0.6 is 0 Å². The van der Waals surface area contributed by atoms with Crippen molar-refractivity contribution in [3.8, 4) is 5.69 Å². The normalized spacial score (nSPS) is 12.0. The third-order valence-electron chi connectivity index (χ3n) is 7.67. The van der Waals surface area contributed by atoms with Crippen molar-refractivity contribution in [2.75, 3.05) is 0 Å². The Bertz CT molecular complexity index is 2210. The topological polar surface area (TPSA) is 59.2 Å². The maximum atomic E-state index is 7.77. The van der Waals surface area contributed by atoms with E-state index in [0.29, 0.717) is 0 Å². The molecule has 0 amide bonds. The number of fused-ring (bicyclic) bond motifs is 11. The number of amidine groups is 1. The molecule has 0 aliphatic rings. The minimum atomic E-state index is 0.0791. The number of benzene rings is 5. The number of nitrogens with two attached hydrogens (primary N) is 1. The first kappa shape index (κ1) is 20.1. The van der Waals surface area contributed by atoms with Crippen molar-refractivity contribution in [3.05, 3.63) is 121 Å². The molecule has 0 fully saturated rings. The van der Waals surface area contributed by atoms with Crippen LogP contribution in [0.1, 0.15) is 5.56 Å². The number of nitrogens with zero attached hydrogens (tertiary/aromatic N) is 2. The van der Waals surface area contributed by atoms with E-state index >= 15 is 0 Å². The summed E-state index contributed by atoms with van der Waals surface area (Å²) >= 11 is 0. The zero-order valence-corrected chi connectivity index (χ0v) is 19.9. The molecule has 3 aromatic heterocycles. The molecule has 4 nitrogen and oxygen atoms in total. The van der Waals surface area contributed by atoms with Gasteiger partial charge in [0.25, 0.3) is 0 Å². The first-order valence-electron chi connectivity index (χ1n) is 12.4. The van der Waals surface area contributed by atoms with Crippen LogP contribution in [0, 0.1) is 5.41 Å². The van der Waals surface area contributed by atoms with Gasteiger partial charge in [-0.15, -0.1) is 0 Å². The van der Waals surface area contributed by atoms with Gasteiger partial charge in [0, 0.05) is 38.2 Å². The SMILES string of the molecule is N=C(N)c1ccc(-n2c3ccccc3c3cc4c(cc32)cc2c3ccccc3c3ccccc3n42)cc1. The molecule has 0 aliphatic heterocycles. The third kappa shape index (κ3) is 2.69. The van der Waals surface area contributed by atoms with Crippen LogP contribution in [0.25, 0.3) is 65.6 Å². The van der Waals surface area contributed by atoms with Crippen molar-refractivity contribution in [2.45, 2.75) is 0 Å². The lowest BCUT2D eigenvalue weighted by Crippen LogP contribution is -2.10. The summed E-state index contributed by atoms with van der Waals surface area (Å²) in [6, 6.07) is 40.9. The molecule has 3 N–H and O–H groups in total. The first-order chi connectivity index (χ1) is 18.2. The van der Waals surface area contributed by atoms with Crippen LogP contribution in [0.5, 0.6) is 0 Å². The van der Waals surface area contributed by atoms with Crippen molar-refractivity contribution in [2.24, 2.45) is 5.73 Å². The molecule has 174 valence electrons. The Morgan fingerprint density at radius 1 is 0.514 bits per heavy atom.